The SMILES string of the molecule is C=CCn1nc(C(=O)O)c2c1CCC(N(C)Cc1noc3c1CCCC3)C2. The summed E-state index contributed by atoms with van der Waals surface area (Å²) in [6.07, 6.45) is 8.67. The maximum atomic E-state index is 11.6. The molecular weight excluding hydrogens is 344 g/mol. The fraction of sp³-hybridized carbons (Fsp3) is 0.550. The predicted molar refractivity (Wildman–Crippen MR) is 99.8 cm³/mol. The maximum Gasteiger partial charge on any atom is 0.356 e. The zero-order chi connectivity index (χ0) is 19.0. The van der Waals surface area contributed by atoms with Gasteiger partial charge < -0.3 is 9.63 Å². The molecule has 2 aliphatic rings. The molecule has 7 heteroatoms. The molecule has 0 fully saturated rings. The Morgan fingerprint density at radius 2 is 2.19 bits per heavy atom. The molecule has 2 heterocycles. The van der Waals surface area contributed by atoms with Crippen molar-refractivity contribution in [3.63, 3.8) is 0 Å². The summed E-state index contributed by atoms with van der Waals surface area (Å²) in [7, 11) is 2.09. The smallest absolute Gasteiger partial charge is 0.356 e. The summed E-state index contributed by atoms with van der Waals surface area (Å²) in [5.74, 6) is 0.0948. The second-order valence-electron chi connectivity index (χ2n) is 7.60. The van der Waals surface area contributed by atoms with Crippen LogP contribution in [0, 0.1) is 0 Å². The molecule has 7 nitrogen and oxygen atoms in total. The molecule has 1 N–H and O–H groups in total. The number of carboxylic acid groups (broad SMARTS) is 1. The van der Waals surface area contributed by atoms with Crippen molar-refractivity contribution >= 4 is 5.97 Å². The van der Waals surface area contributed by atoms with Crippen molar-refractivity contribution in [2.75, 3.05) is 7.05 Å². The van der Waals surface area contributed by atoms with Gasteiger partial charge in [-0.05, 0) is 45.6 Å². The molecule has 0 bridgehead atoms. The van der Waals surface area contributed by atoms with Crippen LogP contribution < -0.4 is 0 Å². The van der Waals surface area contributed by atoms with E-state index in [4.69, 9.17) is 4.52 Å². The summed E-state index contributed by atoms with van der Waals surface area (Å²) in [6.45, 7) is 5.03. The summed E-state index contributed by atoms with van der Waals surface area (Å²) < 4.78 is 7.32. The third-order valence-corrected chi connectivity index (χ3v) is 5.88. The van der Waals surface area contributed by atoms with Gasteiger partial charge in [0.15, 0.2) is 5.69 Å². The molecule has 2 aromatic rings. The van der Waals surface area contributed by atoms with Crippen LogP contribution in [0.15, 0.2) is 17.2 Å². The molecule has 27 heavy (non-hydrogen) atoms. The zero-order valence-corrected chi connectivity index (χ0v) is 15.8. The Morgan fingerprint density at radius 3 is 2.96 bits per heavy atom. The lowest BCUT2D eigenvalue weighted by molar-refractivity contribution is 0.0687. The molecule has 0 spiro atoms. The Balaban J connectivity index is 1.53. The lowest BCUT2D eigenvalue weighted by Gasteiger charge is -2.31. The van der Waals surface area contributed by atoms with E-state index in [1.54, 1.807) is 10.8 Å². The standard InChI is InChI=1S/C20H26N4O3/c1-3-10-24-17-9-8-13(11-15(17)19(21-24)20(25)26)23(2)12-16-14-6-4-5-7-18(14)27-22-16/h3,13H,1,4-12H2,2H3,(H,25,26). The number of aromatic nitrogens is 3. The van der Waals surface area contributed by atoms with Gasteiger partial charge in [0.25, 0.3) is 0 Å². The van der Waals surface area contributed by atoms with Crippen LogP contribution in [0.25, 0.3) is 0 Å². The Hall–Kier alpha value is -2.41. The van der Waals surface area contributed by atoms with E-state index in [2.05, 4.69) is 28.8 Å². The largest absolute Gasteiger partial charge is 0.476 e. The van der Waals surface area contributed by atoms with Gasteiger partial charge in [-0.25, -0.2) is 4.79 Å². The van der Waals surface area contributed by atoms with Crippen LogP contribution in [-0.4, -0.2) is 44.0 Å². The zero-order valence-electron chi connectivity index (χ0n) is 15.8. The third kappa shape index (κ3) is 3.32. The molecule has 144 valence electrons. The van der Waals surface area contributed by atoms with Crippen molar-refractivity contribution in [1.82, 2.24) is 19.8 Å². The van der Waals surface area contributed by atoms with Gasteiger partial charge in [-0.15, -0.1) is 6.58 Å². The molecule has 0 radical (unpaired) electrons. The number of aromatic carboxylic acids is 1. The fourth-order valence-electron chi connectivity index (χ4n) is 4.43. The van der Waals surface area contributed by atoms with E-state index in [1.165, 1.54) is 18.4 Å². The van der Waals surface area contributed by atoms with Gasteiger partial charge in [-0.1, -0.05) is 11.2 Å². The monoisotopic (exact) mass is 370 g/mol. The van der Waals surface area contributed by atoms with E-state index >= 15 is 0 Å². The summed E-state index contributed by atoms with van der Waals surface area (Å²) in [6, 6.07) is 0.271. The van der Waals surface area contributed by atoms with E-state index in [-0.39, 0.29) is 11.7 Å². The first-order valence-electron chi connectivity index (χ1n) is 9.67. The number of hydrogen-bond donors (Lipinski definition) is 1. The molecular formula is C20H26N4O3. The van der Waals surface area contributed by atoms with Gasteiger partial charge in [0, 0.05) is 35.8 Å². The van der Waals surface area contributed by atoms with E-state index in [9.17, 15) is 9.90 Å². The first-order chi connectivity index (χ1) is 13.1. The van der Waals surface area contributed by atoms with Gasteiger partial charge in [0.1, 0.15) is 11.5 Å². The van der Waals surface area contributed by atoms with E-state index < -0.39 is 5.97 Å². The lowest BCUT2D eigenvalue weighted by atomic mass is 9.90. The van der Waals surface area contributed by atoms with Crippen molar-refractivity contribution < 1.29 is 14.4 Å². The van der Waals surface area contributed by atoms with Crippen molar-refractivity contribution in [1.29, 1.82) is 0 Å². The highest BCUT2D eigenvalue weighted by atomic mass is 16.5. The van der Waals surface area contributed by atoms with Crippen molar-refractivity contribution in [2.24, 2.45) is 0 Å². The Labute approximate surface area is 158 Å². The molecule has 0 saturated carbocycles. The summed E-state index contributed by atoms with van der Waals surface area (Å²) >= 11 is 0. The van der Waals surface area contributed by atoms with Crippen LogP contribution in [-0.2, 0) is 38.8 Å². The van der Waals surface area contributed by atoms with Crippen molar-refractivity contribution in [2.45, 2.75) is 64.1 Å². The molecule has 0 aromatic carbocycles. The average molecular weight is 370 g/mol. The van der Waals surface area contributed by atoms with Gasteiger partial charge in [0.2, 0.25) is 0 Å². The topological polar surface area (TPSA) is 84.4 Å². The molecule has 1 unspecified atom stereocenters. The van der Waals surface area contributed by atoms with Gasteiger partial charge >= 0.3 is 5.97 Å². The van der Waals surface area contributed by atoms with Crippen LogP contribution in [0.4, 0.5) is 0 Å². The van der Waals surface area contributed by atoms with Crippen molar-refractivity contribution in [3.8, 4) is 0 Å². The Morgan fingerprint density at radius 1 is 1.37 bits per heavy atom. The number of carboxylic acids is 1. The quantitative estimate of drug-likeness (QED) is 0.787. The summed E-state index contributed by atoms with van der Waals surface area (Å²) in [4.78, 5) is 13.9. The third-order valence-electron chi connectivity index (χ3n) is 5.88. The molecule has 2 aromatic heterocycles. The first kappa shape index (κ1) is 18.0. The highest BCUT2D eigenvalue weighted by Crippen LogP contribution is 2.29. The normalized spacial score (nSPS) is 19.0. The van der Waals surface area contributed by atoms with E-state index in [0.29, 0.717) is 13.0 Å². The number of allylic oxidation sites excluding steroid dienone is 1. The second kappa shape index (κ2) is 7.31. The number of rotatable bonds is 6. The summed E-state index contributed by atoms with van der Waals surface area (Å²) in [5, 5.41) is 18.2. The number of nitrogens with zero attached hydrogens (tertiary/aromatic N) is 4. The second-order valence-corrected chi connectivity index (χ2v) is 7.60. The molecule has 4 rings (SSSR count). The van der Waals surface area contributed by atoms with Crippen LogP contribution in [0.2, 0.25) is 0 Å². The Bertz CT molecular complexity index is 867. The minimum atomic E-state index is -0.956. The average Bonchev–Trinajstić information content (AvgIpc) is 3.24. The lowest BCUT2D eigenvalue weighted by Crippen LogP contribution is -2.37. The first-order valence-corrected chi connectivity index (χ1v) is 9.67. The number of likely N-dealkylation sites (N-methyl/N-ethyl adjacent to an activating group) is 1. The molecule has 0 amide bonds. The molecule has 1 atom stereocenters. The van der Waals surface area contributed by atoms with E-state index in [1.807, 2.05) is 0 Å². The van der Waals surface area contributed by atoms with Crippen LogP contribution in [0.5, 0.6) is 0 Å². The highest BCUT2D eigenvalue weighted by molar-refractivity contribution is 5.87. The minimum absolute atomic E-state index is 0.184. The highest BCUT2D eigenvalue weighted by Gasteiger charge is 2.31. The van der Waals surface area contributed by atoms with Gasteiger partial charge in [0.05, 0.1) is 6.54 Å². The minimum Gasteiger partial charge on any atom is -0.476 e. The van der Waals surface area contributed by atoms with E-state index in [0.717, 1.165) is 54.9 Å². The number of carbonyl (C=O) groups is 1. The van der Waals surface area contributed by atoms with Gasteiger partial charge in [-0.2, -0.15) is 5.10 Å². The molecule has 0 saturated heterocycles. The van der Waals surface area contributed by atoms with Crippen LogP contribution >= 0.6 is 0 Å². The number of hydrogen-bond acceptors (Lipinski definition) is 5. The van der Waals surface area contributed by atoms with Crippen molar-refractivity contribution in [3.05, 3.63) is 46.6 Å². The van der Waals surface area contributed by atoms with Crippen LogP contribution in [0.3, 0.4) is 0 Å². The summed E-state index contributed by atoms with van der Waals surface area (Å²) in [5.41, 5.74) is 4.42. The molecule has 0 aliphatic heterocycles. The molecule has 2 aliphatic carbocycles. The van der Waals surface area contributed by atoms with Crippen LogP contribution in [0.1, 0.15) is 58.0 Å². The van der Waals surface area contributed by atoms with Gasteiger partial charge in [-0.3, -0.25) is 9.58 Å². The predicted octanol–water partition coefficient (Wildman–Crippen LogP) is 2.62. The number of fused-ring (bicyclic) bond motifs is 2. The Kier molecular flexibility index (Phi) is 4.86. The fourth-order valence-corrected chi connectivity index (χ4v) is 4.43. The number of aryl methyl sites for hydroxylation is 1. The maximum absolute atomic E-state index is 11.6.